The zero-order chi connectivity index (χ0) is 19.0. The zero-order valence-corrected chi connectivity index (χ0v) is 14.0. The number of aromatic nitrogens is 3. The fraction of sp³-hybridized carbons (Fsp3) is 0.105. The van der Waals surface area contributed by atoms with Crippen molar-refractivity contribution in [1.29, 1.82) is 0 Å². The number of benzene rings is 1. The molecule has 8 nitrogen and oxygen atoms in total. The molecule has 0 saturated heterocycles. The van der Waals surface area contributed by atoms with Gasteiger partial charge in [-0.25, -0.2) is 14.8 Å². The predicted octanol–water partition coefficient (Wildman–Crippen LogP) is 2.55. The number of carboxylic acids is 1. The second-order valence-electron chi connectivity index (χ2n) is 6.12. The summed E-state index contributed by atoms with van der Waals surface area (Å²) in [4.78, 5) is 46.2. The van der Waals surface area contributed by atoms with Crippen LogP contribution in [0.4, 0.5) is 5.69 Å². The molecule has 4 rings (SSSR count). The van der Waals surface area contributed by atoms with E-state index in [-0.39, 0.29) is 17.3 Å². The predicted molar refractivity (Wildman–Crippen MR) is 97.2 cm³/mol. The Bertz CT molecular complexity index is 1130. The van der Waals surface area contributed by atoms with Crippen LogP contribution in [0.2, 0.25) is 0 Å². The van der Waals surface area contributed by atoms with Crippen LogP contribution in [0, 0.1) is 0 Å². The SMILES string of the molecule is O=C1C=C(C(=O)Nc2cccc(-c3ncnc4[nH]cc(C(=O)O)c34)c2)CC1. The van der Waals surface area contributed by atoms with Crippen molar-refractivity contribution in [3.8, 4) is 11.3 Å². The Balaban J connectivity index is 1.71. The van der Waals surface area contributed by atoms with Crippen molar-refractivity contribution in [2.24, 2.45) is 0 Å². The molecule has 3 aromatic rings. The van der Waals surface area contributed by atoms with Crippen molar-refractivity contribution in [3.05, 3.63) is 54.0 Å². The van der Waals surface area contributed by atoms with Gasteiger partial charge in [0.25, 0.3) is 5.91 Å². The molecule has 1 amide bonds. The van der Waals surface area contributed by atoms with E-state index in [4.69, 9.17) is 0 Å². The summed E-state index contributed by atoms with van der Waals surface area (Å²) in [6.07, 6.45) is 4.88. The molecule has 0 spiro atoms. The van der Waals surface area contributed by atoms with Crippen LogP contribution in [0.3, 0.4) is 0 Å². The van der Waals surface area contributed by atoms with E-state index < -0.39 is 5.97 Å². The number of fused-ring (bicyclic) bond motifs is 1. The summed E-state index contributed by atoms with van der Waals surface area (Å²) in [5.74, 6) is -1.45. The molecular formula is C19H14N4O4. The summed E-state index contributed by atoms with van der Waals surface area (Å²) in [6, 6.07) is 6.93. The van der Waals surface area contributed by atoms with Gasteiger partial charge in [-0.05, 0) is 24.6 Å². The summed E-state index contributed by atoms with van der Waals surface area (Å²) >= 11 is 0. The highest BCUT2D eigenvalue weighted by Gasteiger charge is 2.20. The number of aromatic carboxylic acids is 1. The van der Waals surface area contributed by atoms with Gasteiger partial charge in [0.1, 0.15) is 12.0 Å². The minimum Gasteiger partial charge on any atom is -0.478 e. The van der Waals surface area contributed by atoms with Crippen molar-refractivity contribution in [2.75, 3.05) is 5.32 Å². The quantitative estimate of drug-likeness (QED) is 0.655. The van der Waals surface area contributed by atoms with Crippen LogP contribution in [0.15, 0.2) is 48.4 Å². The Morgan fingerprint density at radius 2 is 2.04 bits per heavy atom. The number of amides is 1. The van der Waals surface area contributed by atoms with Crippen LogP contribution in [0.1, 0.15) is 23.2 Å². The maximum atomic E-state index is 12.3. The second-order valence-corrected chi connectivity index (χ2v) is 6.12. The summed E-state index contributed by atoms with van der Waals surface area (Å²) in [7, 11) is 0. The van der Waals surface area contributed by atoms with E-state index in [2.05, 4.69) is 20.3 Å². The van der Waals surface area contributed by atoms with Crippen LogP contribution < -0.4 is 5.32 Å². The molecule has 0 bridgehead atoms. The van der Waals surface area contributed by atoms with E-state index in [0.717, 1.165) is 0 Å². The van der Waals surface area contributed by atoms with Gasteiger partial charge in [0, 0.05) is 29.4 Å². The van der Waals surface area contributed by atoms with E-state index in [1.807, 2.05) is 0 Å². The topological polar surface area (TPSA) is 125 Å². The first kappa shape index (κ1) is 16.6. The van der Waals surface area contributed by atoms with Crippen LogP contribution in [0.25, 0.3) is 22.3 Å². The molecule has 8 heteroatoms. The lowest BCUT2D eigenvalue weighted by atomic mass is 10.1. The number of hydrogen-bond donors (Lipinski definition) is 3. The maximum absolute atomic E-state index is 12.3. The Labute approximate surface area is 153 Å². The number of H-pyrrole nitrogens is 1. The van der Waals surface area contributed by atoms with Crippen LogP contribution in [-0.4, -0.2) is 37.7 Å². The number of aromatic amines is 1. The monoisotopic (exact) mass is 362 g/mol. The van der Waals surface area contributed by atoms with E-state index >= 15 is 0 Å². The molecule has 0 radical (unpaired) electrons. The molecule has 0 fully saturated rings. The molecule has 1 aromatic carbocycles. The Morgan fingerprint density at radius 1 is 1.19 bits per heavy atom. The summed E-state index contributed by atoms with van der Waals surface area (Å²) in [5, 5.41) is 12.6. The third-order valence-electron chi connectivity index (χ3n) is 4.36. The summed E-state index contributed by atoms with van der Waals surface area (Å²) < 4.78 is 0. The fourth-order valence-electron chi connectivity index (χ4n) is 3.08. The zero-order valence-electron chi connectivity index (χ0n) is 14.0. The number of carbonyl (C=O) groups is 3. The largest absolute Gasteiger partial charge is 0.478 e. The highest BCUT2D eigenvalue weighted by molar-refractivity contribution is 6.11. The van der Waals surface area contributed by atoms with Crippen molar-refractivity contribution in [1.82, 2.24) is 15.0 Å². The molecular weight excluding hydrogens is 348 g/mol. The molecule has 1 aliphatic carbocycles. The van der Waals surface area contributed by atoms with Crippen LogP contribution in [0.5, 0.6) is 0 Å². The minimum absolute atomic E-state index is 0.0501. The smallest absolute Gasteiger partial charge is 0.338 e. The average molecular weight is 362 g/mol. The van der Waals surface area contributed by atoms with E-state index in [9.17, 15) is 19.5 Å². The van der Waals surface area contributed by atoms with Gasteiger partial charge in [-0.2, -0.15) is 0 Å². The van der Waals surface area contributed by atoms with Gasteiger partial charge in [-0.1, -0.05) is 12.1 Å². The van der Waals surface area contributed by atoms with E-state index in [1.54, 1.807) is 24.3 Å². The number of anilines is 1. The molecule has 0 saturated carbocycles. The van der Waals surface area contributed by atoms with Gasteiger partial charge in [-0.15, -0.1) is 0 Å². The highest BCUT2D eigenvalue weighted by atomic mass is 16.4. The Hall–Kier alpha value is -3.81. The van der Waals surface area contributed by atoms with Gasteiger partial charge in [-0.3, -0.25) is 9.59 Å². The number of carbonyl (C=O) groups excluding carboxylic acids is 2. The van der Waals surface area contributed by atoms with Gasteiger partial charge < -0.3 is 15.4 Å². The van der Waals surface area contributed by atoms with Crippen molar-refractivity contribution in [3.63, 3.8) is 0 Å². The number of allylic oxidation sites excluding steroid dienone is 1. The number of hydrogen-bond acceptors (Lipinski definition) is 5. The molecule has 27 heavy (non-hydrogen) atoms. The first-order valence-electron chi connectivity index (χ1n) is 8.23. The third-order valence-corrected chi connectivity index (χ3v) is 4.36. The minimum atomic E-state index is -1.08. The lowest BCUT2D eigenvalue weighted by Crippen LogP contribution is -2.13. The third kappa shape index (κ3) is 3.08. The molecule has 0 aliphatic heterocycles. The molecule has 134 valence electrons. The van der Waals surface area contributed by atoms with Gasteiger partial charge in [0.15, 0.2) is 5.78 Å². The normalized spacial score (nSPS) is 13.6. The van der Waals surface area contributed by atoms with Crippen molar-refractivity contribution >= 4 is 34.4 Å². The van der Waals surface area contributed by atoms with E-state index in [0.29, 0.717) is 46.4 Å². The second kappa shape index (κ2) is 6.49. The first-order chi connectivity index (χ1) is 13.0. The van der Waals surface area contributed by atoms with Crippen LogP contribution in [-0.2, 0) is 9.59 Å². The summed E-state index contributed by atoms with van der Waals surface area (Å²) in [6.45, 7) is 0. The fourth-order valence-corrected chi connectivity index (χ4v) is 3.08. The van der Waals surface area contributed by atoms with Gasteiger partial charge in [0.2, 0.25) is 0 Å². The molecule has 2 aromatic heterocycles. The average Bonchev–Trinajstić information content (AvgIpc) is 3.28. The number of nitrogens with one attached hydrogen (secondary N) is 2. The Morgan fingerprint density at radius 3 is 2.78 bits per heavy atom. The van der Waals surface area contributed by atoms with Crippen molar-refractivity contribution < 1.29 is 19.5 Å². The lowest BCUT2D eigenvalue weighted by molar-refractivity contribution is -0.114. The summed E-state index contributed by atoms with van der Waals surface area (Å²) in [5.41, 5.74) is 2.56. The molecule has 3 N–H and O–H groups in total. The molecule has 0 unspecified atom stereocenters. The Kier molecular flexibility index (Phi) is 4.00. The molecule has 0 atom stereocenters. The number of rotatable bonds is 4. The van der Waals surface area contributed by atoms with Crippen LogP contribution >= 0.6 is 0 Å². The molecule has 1 aliphatic rings. The highest BCUT2D eigenvalue weighted by Crippen LogP contribution is 2.30. The van der Waals surface area contributed by atoms with Crippen molar-refractivity contribution in [2.45, 2.75) is 12.8 Å². The van der Waals surface area contributed by atoms with Gasteiger partial charge >= 0.3 is 5.97 Å². The number of nitrogens with zero attached hydrogens (tertiary/aromatic N) is 2. The lowest BCUT2D eigenvalue weighted by Gasteiger charge is -2.08. The number of ketones is 1. The standard InChI is InChI=1S/C19H14N4O4/c24-13-5-4-11(7-13)18(25)23-12-3-1-2-10(6-12)16-15-14(19(26)27)8-20-17(15)22-9-21-16/h1-3,6-9H,4-5H2,(H,23,25)(H,26,27)(H,20,21,22). The van der Waals surface area contributed by atoms with Gasteiger partial charge in [0.05, 0.1) is 16.6 Å². The number of carboxylic acid groups (broad SMARTS) is 1. The first-order valence-corrected chi connectivity index (χ1v) is 8.23. The van der Waals surface area contributed by atoms with E-state index in [1.165, 1.54) is 18.6 Å². The molecule has 2 heterocycles. The maximum Gasteiger partial charge on any atom is 0.338 e.